The molecule has 4 heterocycles. The molecule has 3 aliphatic rings. The van der Waals surface area contributed by atoms with E-state index in [2.05, 4.69) is 31.5 Å². The molecule has 1 aliphatic heterocycles. The number of carbonyl (C=O) groups excluding carboxylic acids is 1. The molecule has 3 aromatic rings. The lowest BCUT2D eigenvalue weighted by Crippen LogP contribution is -2.45. The predicted molar refractivity (Wildman–Crippen MR) is 138 cm³/mol. The second kappa shape index (κ2) is 9.56. The van der Waals surface area contributed by atoms with Gasteiger partial charge in [0.15, 0.2) is 10.9 Å². The fourth-order valence-corrected chi connectivity index (χ4v) is 6.37. The number of carbonyl (C=O) groups is 1. The Morgan fingerprint density at radius 2 is 2.03 bits per heavy atom. The molecule has 0 bridgehead atoms. The monoisotopic (exact) mass is 492 g/mol. The maximum atomic E-state index is 13.4. The molecule has 3 aromatic heterocycles. The SMILES string of the molecule is CN(C(=O)[C@H]1CCCN1c1nc2c(c(Nc3cc(C4CCCCC4)[nH]n3)n1)CCC2)c1nccs1. The van der Waals surface area contributed by atoms with Gasteiger partial charge in [-0.05, 0) is 44.9 Å². The summed E-state index contributed by atoms with van der Waals surface area (Å²) in [7, 11) is 1.80. The maximum Gasteiger partial charge on any atom is 0.251 e. The Balaban J connectivity index is 1.26. The second-order valence-electron chi connectivity index (χ2n) is 9.88. The third-order valence-electron chi connectivity index (χ3n) is 7.64. The van der Waals surface area contributed by atoms with E-state index >= 15 is 0 Å². The van der Waals surface area contributed by atoms with Crippen molar-refractivity contribution in [2.75, 3.05) is 28.7 Å². The lowest BCUT2D eigenvalue weighted by atomic mass is 9.87. The Hall–Kier alpha value is -3.01. The molecular weight excluding hydrogens is 460 g/mol. The lowest BCUT2D eigenvalue weighted by Gasteiger charge is -2.27. The number of likely N-dealkylation sites (N-methyl/N-ethyl adjacent to an activating group) is 1. The average Bonchev–Trinajstić information content (AvgIpc) is 3.69. The highest BCUT2D eigenvalue weighted by molar-refractivity contribution is 7.13. The van der Waals surface area contributed by atoms with Crippen molar-refractivity contribution in [1.82, 2.24) is 25.1 Å². The van der Waals surface area contributed by atoms with Gasteiger partial charge in [0, 0.05) is 48.4 Å². The first-order valence-corrected chi connectivity index (χ1v) is 13.7. The van der Waals surface area contributed by atoms with E-state index in [1.54, 1.807) is 18.1 Å². The van der Waals surface area contributed by atoms with Crippen LogP contribution in [0, 0.1) is 0 Å². The van der Waals surface area contributed by atoms with Crippen molar-refractivity contribution in [3.05, 3.63) is 34.6 Å². The second-order valence-corrected chi connectivity index (χ2v) is 10.8. The first-order chi connectivity index (χ1) is 17.2. The molecule has 0 radical (unpaired) electrons. The zero-order valence-corrected chi connectivity index (χ0v) is 21.0. The zero-order valence-electron chi connectivity index (χ0n) is 20.2. The molecule has 2 N–H and O–H groups in total. The van der Waals surface area contributed by atoms with E-state index in [4.69, 9.17) is 9.97 Å². The third kappa shape index (κ3) is 4.39. The average molecular weight is 493 g/mol. The Labute approximate surface area is 209 Å². The number of H-pyrrole nitrogens is 1. The van der Waals surface area contributed by atoms with E-state index in [1.165, 1.54) is 54.7 Å². The molecule has 1 amide bonds. The van der Waals surface area contributed by atoms with E-state index in [9.17, 15) is 4.79 Å². The maximum absolute atomic E-state index is 13.4. The summed E-state index contributed by atoms with van der Waals surface area (Å²) >= 11 is 1.47. The van der Waals surface area contributed by atoms with Gasteiger partial charge in [-0.3, -0.25) is 14.8 Å². The number of aromatic nitrogens is 5. The van der Waals surface area contributed by atoms with Crippen molar-refractivity contribution >= 4 is 40.0 Å². The zero-order chi connectivity index (χ0) is 23.8. The number of aromatic amines is 1. The summed E-state index contributed by atoms with van der Waals surface area (Å²) < 4.78 is 0. The van der Waals surface area contributed by atoms with Crippen LogP contribution in [0.15, 0.2) is 17.6 Å². The molecule has 6 rings (SSSR count). The number of amides is 1. The fraction of sp³-hybridized carbons (Fsp3) is 0.560. The normalized spacial score (nSPS) is 20.3. The molecule has 35 heavy (non-hydrogen) atoms. The summed E-state index contributed by atoms with van der Waals surface area (Å²) in [6, 6.07) is 1.86. The molecule has 0 aromatic carbocycles. The Morgan fingerprint density at radius 1 is 1.14 bits per heavy atom. The number of fused-ring (bicyclic) bond motifs is 1. The Morgan fingerprint density at radius 3 is 2.86 bits per heavy atom. The van der Waals surface area contributed by atoms with Crippen molar-refractivity contribution < 1.29 is 4.79 Å². The highest BCUT2D eigenvalue weighted by Gasteiger charge is 2.36. The minimum atomic E-state index is -0.278. The number of thiazole rings is 1. The number of hydrogen-bond acceptors (Lipinski definition) is 8. The lowest BCUT2D eigenvalue weighted by molar-refractivity contribution is -0.119. The molecule has 1 saturated carbocycles. The van der Waals surface area contributed by atoms with Gasteiger partial charge in [0.2, 0.25) is 5.95 Å². The van der Waals surface area contributed by atoms with Crippen molar-refractivity contribution in [3.8, 4) is 0 Å². The van der Waals surface area contributed by atoms with Crippen LogP contribution in [-0.2, 0) is 17.6 Å². The smallest absolute Gasteiger partial charge is 0.251 e. The minimum absolute atomic E-state index is 0.0421. The highest BCUT2D eigenvalue weighted by atomic mass is 32.1. The van der Waals surface area contributed by atoms with E-state index in [0.29, 0.717) is 17.0 Å². The van der Waals surface area contributed by atoms with Crippen molar-refractivity contribution in [2.45, 2.75) is 76.2 Å². The topological polar surface area (TPSA) is 103 Å². The van der Waals surface area contributed by atoms with Gasteiger partial charge >= 0.3 is 0 Å². The van der Waals surface area contributed by atoms with Gasteiger partial charge in [-0.25, -0.2) is 9.97 Å². The molecule has 0 unspecified atom stereocenters. The van der Waals surface area contributed by atoms with Crippen LogP contribution >= 0.6 is 11.3 Å². The number of anilines is 4. The Bertz CT molecular complexity index is 1190. The third-order valence-corrected chi connectivity index (χ3v) is 8.49. The van der Waals surface area contributed by atoms with Crippen molar-refractivity contribution in [1.29, 1.82) is 0 Å². The predicted octanol–water partition coefficient (Wildman–Crippen LogP) is 4.57. The summed E-state index contributed by atoms with van der Waals surface area (Å²) in [5.74, 6) is 2.89. The number of nitrogens with zero attached hydrogens (tertiary/aromatic N) is 6. The number of nitrogens with one attached hydrogen (secondary N) is 2. The number of rotatable bonds is 6. The summed E-state index contributed by atoms with van der Waals surface area (Å²) in [6.45, 7) is 0.772. The summed E-state index contributed by atoms with van der Waals surface area (Å²) in [5, 5.41) is 13.9. The molecule has 2 fully saturated rings. The van der Waals surface area contributed by atoms with E-state index in [-0.39, 0.29) is 11.9 Å². The van der Waals surface area contributed by atoms with Gasteiger partial charge in [0.25, 0.3) is 5.91 Å². The molecule has 0 spiro atoms. The summed E-state index contributed by atoms with van der Waals surface area (Å²) in [6.07, 6.45) is 12.8. The van der Waals surface area contributed by atoms with Gasteiger partial charge in [-0.1, -0.05) is 19.3 Å². The molecule has 9 nitrogen and oxygen atoms in total. The van der Waals surface area contributed by atoms with Crippen LogP contribution in [-0.4, -0.2) is 50.7 Å². The standard InChI is InChI=1S/C25H32N8OS/c1-32(25-26-12-14-35-25)23(34)20-11-6-13-33(20)24-27-18-10-5-9-17(18)22(29-24)28-21-15-19(30-31-21)16-7-3-2-4-8-16/h12,14-16,20H,2-11,13H2,1H3,(H2,27,28,29,30,31)/t20-/m1/s1. The van der Waals surface area contributed by atoms with Crippen LogP contribution in [0.5, 0.6) is 0 Å². The highest BCUT2D eigenvalue weighted by Crippen LogP contribution is 2.35. The molecule has 1 saturated heterocycles. The van der Waals surface area contributed by atoms with Crippen LogP contribution in [0.1, 0.15) is 74.2 Å². The van der Waals surface area contributed by atoms with Crippen molar-refractivity contribution in [3.63, 3.8) is 0 Å². The summed E-state index contributed by atoms with van der Waals surface area (Å²) in [4.78, 5) is 31.3. The Kier molecular flexibility index (Phi) is 6.13. The van der Waals surface area contributed by atoms with E-state index in [1.807, 2.05) is 5.38 Å². The van der Waals surface area contributed by atoms with Gasteiger partial charge in [0.05, 0.1) is 5.69 Å². The van der Waals surface area contributed by atoms with Gasteiger partial charge in [0.1, 0.15) is 11.9 Å². The fourth-order valence-electron chi connectivity index (χ4n) is 5.76. The van der Waals surface area contributed by atoms with Crippen molar-refractivity contribution in [2.24, 2.45) is 0 Å². The number of hydrogen-bond donors (Lipinski definition) is 2. The quantitative estimate of drug-likeness (QED) is 0.520. The molecule has 1 atom stereocenters. The molecule has 184 valence electrons. The van der Waals surface area contributed by atoms with Gasteiger partial charge in [-0.15, -0.1) is 11.3 Å². The van der Waals surface area contributed by atoms with E-state index < -0.39 is 0 Å². The molecule has 2 aliphatic carbocycles. The van der Waals surface area contributed by atoms with Crippen LogP contribution in [0.2, 0.25) is 0 Å². The molecular formula is C25H32N8OS. The first kappa shape index (κ1) is 22.5. The van der Waals surface area contributed by atoms with Crippen LogP contribution in [0.3, 0.4) is 0 Å². The largest absolute Gasteiger partial charge is 0.329 e. The first-order valence-electron chi connectivity index (χ1n) is 12.8. The van der Waals surface area contributed by atoms with Crippen LogP contribution in [0.25, 0.3) is 0 Å². The minimum Gasteiger partial charge on any atom is -0.329 e. The van der Waals surface area contributed by atoms with Crippen LogP contribution in [0.4, 0.5) is 22.7 Å². The van der Waals surface area contributed by atoms with E-state index in [0.717, 1.165) is 56.0 Å². The number of aryl methyl sites for hydroxylation is 1. The summed E-state index contributed by atoms with van der Waals surface area (Å²) in [5.41, 5.74) is 3.48. The van der Waals surface area contributed by atoms with Crippen LogP contribution < -0.4 is 15.1 Å². The molecule has 10 heteroatoms. The van der Waals surface area contributed by atoms with Gasteiger partial charge < -0.3 is 10.2 Å². The van der Waals surface area contributed by atoms with Gasteiger partial charge in [-0.2, -0.15) is 10.1 Å².